The fourth-order valence-electron chi connectivity index (χ4n) is 1.45. The number of pyridine rings is 1. The molecule has 2 heterocycles. The molecule has 2 aromatic rings. The molecule has 72 valence electrons. The monoisotopic (exact) mass is 187 g/mol. The van der Waals surface area contributed by atoms with Gasteiger partial charge in [0.1, 0.15) is 0 Å². The lowest BCUT2D eigenvalue weighted by Crippen LogP contribution is -2.02. The lowest BCUT2D eigenvalue weighted by Gasteiger charge is -2.04. The zero-order valence-corrected chi connectivity index (χ0v) is 8.22. The van der Waals surface area contributed by atoms with E-state index in [1.165, 1.54) is 11.1 Å². The van der Waals surface area contributed by atoms with Crippen molar-refractivity contribution in [1.29, 1.82) is 0 Å². The van der Waals surface area contributed by atoms with E-state index in [1.807, 2.05) is 29.3 Å². The average Bonchev–Trinajstić information content (AvgIpc) is 2.69. The molecule has 0 amide bonds. The highest BCUT2D eigenvalue weighted by Crippen LogP contribution is 2.06. The molecule has 0 fully saturated rings. The molecule has 0 spiro atoms. The number of nitrogens with zero attached hydrogens (tertiary/aromatic N) is 3. The van der Waals surface area contributed by atoms with Crippen LogP contribution in [0.4, 0.5) is 0 Å². The summed E-state index contributed by atoms with van der Waals surface area (Å²) in [6, 6.07) is 4.01. The quantitative estimate of drug-likeness (QED) is 0.734. The average molecular weight is 187 g/mol. The van der Waals surface area contributed by atoms with Crippen LogP contribution in [0.15, 0.2) is 36.9 Å². The van der Waals surface area contributed by atoms with Gasteiger partial charge in [0.2, 0.25) is 0 Å². The van der Waals surface area contributed by atoms with Gasteiger partial charge in [-0.05, 0) is 36.6 Å². The summed E-state index contributed by atoms with van der Waals surface area (Å²) in [7, 11) is 0. The molecule has 0 saturated heterocycles. The van der Waals surface area contributed by atoms with Crippen molar-refractivity contribution in [3.05, 3.63) is 48.0 Å². The Kier molecular flexibility index (Phi) is 2.58. The largest absolute Gasteiger partial charge is 0.272 e. The zero-order chi connectivity index (χ0) is 9.80. The smallest absolute Gasteiger partial charge is 0.0489 e. The van der Waals surface area contributed by atoms with E-state index in [1.54, 1.807) is 6.20 Å². The van der Waals surface area contributed by atoms with E-state index in [0.717, 1.165) is 13.0 Å². The Balaban J connectivity index is 2.02. The van der Waals surface area contributed by atoms with Crippen molar-refractivity contribution in [1.82, 2.24) is 14.8 Å². The topological polar surface area (TPSA) is 30.7 Å². The summed E-state index contributed by atoms with van der Waals surface area (Å²) in [5.41, 5.74) is 2.59. The summed E-state index contributed by atoms with van der Waals surface area (Å²) in [5.74, 6) is 0. The summed E-state index contributed by atoms with van der Waals surface area (Å²) in [6.07, 6.45) is 8.54. The van der Waals surface area contributed by atoms with E-state index >= 15 is 0 Å². The van der Waals surface area contributed by atoms with Crippen molar-refractivity contribution < 1.29 is 0 Å². The normalized spacial score (nSPS) is 10.4. The minimum Gasteiger partial charge on any atom is -0.272 e. The molecular weight excluding hydrogens is 174 g/mol. The Hall–Kier alpha value is -1.64. The van der Waals surface area contributed by atoms with Gasteiger partial charge in [-0.1, -0.05) is 0 Å². The minimum atomic E-state index is 0.928. The SMILES string of the molecule is Cc1cnccc1CCn1cccn1. The molecule has 3 heteroatoms. The van der Waals surface area contributed by atoms with Crippen LogP contribution >= 0.6 is 0 Å². The number of hydrogen-bond acceptors (Lipinski definition) is 2. The van der Waals surface area contributed by atoms with Gasteiger partial charge in [-0.2, -0.15) is 5.10 Å². The van der Waals surface area contributed by atoms with Gasteiger partial charge >= 0.3 is 0 Å². The second kappa shape index (κ2) is 4.05. The van der Waals surface area contributed by atoms with Crippen molar-refractivity contribution in [2.75, 3.05) is 0 Å². The van der Waals surface area contributed by atoms with Gasteiger partial charge < -0.3 is 0 Å². The third-order valence-corrected chi connectivity index (χ3v) is 2.31. The van der Waals surface area contributed by atoms with E-state index in [2.05, 4.69) is 23.1 Å². The Morgan fingerprint density at radius 1 is 1.36 bits per heavy atom. The fraction of sp³-hybridized carbons (Fsp3) is 0.273. The Labute approximate surface area is 83.4 Å². The van der Waals surface area contributed by atoms with Crippen LogP contribution in [0.1, 0.15) is 11.1 Å². The van der Waals surface area contributed by atoms with Crippen molar-refractivity contribution in [2.24, 2.45) is 0 Å². The molecule has 0 unspecified atom stereocenters. The molecular formula is C11H13N3. The first-order chi connectivity index (χ1) is 6.86. The molecule has 0 aliphatic heterocycles. The second-order valence-corrected chi connectivity index (χ2v) is 3.32. The number of rotatable bonds is 3. The molecule has 0 bridgehead atoms. The van der Waals surface area contributed by atoms with Crippen LogP contribution in [0.5, 0.6) is 0 Å². The summed E-state index contributed by atoms with van der Waals surface area (Å²) in [5, 5.41) is 4.16. The van der Waals surface area contributed by atoms with E-state index in [0.29, 0.717) is 0 Å². The number of aryl methyl sites for hydroxylation is 3. The van der Waals surface area contributed by atoms with Gasteiger partial charge in [-0.3, -0.25) is 9.67 Å². The maximum Gasteiger partial charge on any atom is 0.0489 e. The molecule has 2 aromatic heterocycles. The molecule has 0 aliphatic carbocycles. The number of hydrogen-bond donors (Lipinski definition) is 0. The maximum absolute atomic E-state index is 4.16. The summed E-state index contributed by atoms with van der Waals surface area (Å²) < 4.78 is 1.94. The highest BCUT2D eigenvalue weighted by molar-refractivity contribution is 5.21. The van der Waals surface area contributed by atoms with E-state index in [9.17, 15) is 0 Å². The first kappa shape index (κ1) is 8.94. The fourth-order valence-corrected chi connectivity index (χ4v) is 1.45. The third-order valence-electron chi connectivity index (χ3n) is 2.31. The summed E-state index contributed by atoms with van der Waals surface area (Å²) >= 11 is 0. The summed E-state index contributed by atoms with van der Waals surface area (Å²) in [4.78, 5) is 4.07. The highest BCUT2D eigenvalue weighted by Gasteiger charge is 1.97. The molecule has 0 aliphatic rings. The van der Waals surface area contributed by atoms with Crippen LogP contribution < -0.4 is 0 Å². The van der Waals surface area contributed by atoms with Crippen LogP contribution in [0.25, 0.3) is 0 Å². The summed E-state index contributed by atoms with van der Waals surface area (Å²) in [6.45, 7) is 3.02. The van der Waals surface area contributed by atoms with Crippen LogP contribution in [0, 0.1) is 6.92 Å². The molecule has 14 heavy (non-hydrogen) atoms. The van der Waals surface area contributed by atoms with Gasteiger partial charge in [0, 0.05) is 31.3 Å². The maximum atomic E-state index is 4.16. The molecule has 2 rings (SSSR count). The van der Waals surface area contributed by atoms with Crippen LogP contribution in [-0.4, -0.2) is 14.8 Å². The van der Waals surface area contributed by atoms with Crippen molar-refractivity contribution in [3.8, 4) is 0 Å². The lowest BCUT2D eigenvalue weighted by atomic mass is 10.1. The van der Waals surface area contributed by atoms with Gasteiger partial charge in [-0.15, -0.1) is 0 Å². The highest BCUT2D eigenvalue weighted by atomic mass is 15.3. The zero-order valence-electron chi connectivity index (χ0n) is 8.22. The lowest BCUT2D eigenvalue weighted by molar-refractivity contribution is 0.613. The van der Waals surface area contributed by atoms with Gasteiger partial charge in [0.15, 0.2) is 0 Å². The van der Waals surface area contributed by atoms with E-state index in [-0.39, 0.29) is 0 Å². The van der Waals surface area contributed by atoms with Crippen molar-refractivity contribution >= 4 is 0 Å². The van der Waals surface area contributed by atoms with Crippen LogP contribution in [0.3, 0.4) is 0 Å². The molecule has 0 aromatic carbocycles. The molecule has 0 saturated carbocycles. The predicted octanol–water partition coefficient (Wildman–Crippen LogP) is 1.83. The molecule has 0 radical (unpaired) electrons. The van der Waals surface area contributed by atoms with Crippen LogP contribution in [-0.2, 0) is 13.0 Å². The second-order valence-electron chi connectivity index (χ2n) is 3.32. The Morgan fingerprint density at radius 2 is 2.29 bits per heavy atom. The van der Waals surface area contributed by atoms with Gasteiger partial charge in [0.25, 0.3) is 0 Å². The van der Waals surface area contributed by atoms with E-state index < -0.39 is 0 Å². The molecule has 0 N–H and O–H groups in total. The number of aromatic nitrogens is 3. The van der Waals surface area contributed by atoms with Gasteiger partial charge in [-0.25, -0.2) is 0 Å². The standard InChI is InChI=1S/C11H13N3/c1-10-9-12-6-3-11(10)4-8-14-7-2-5-13-14/h2-3,5-7,9H,4,8H2,1H3. The van der Waals surface area contributed by atoms with Gasteiger partial charge in [0.05, 0.1) is 0 Å². The van der Waals surface area contributed by atoms with Crippen LogP contribution in [0.2, 0.25) is 0 Å². The first-order valence-electron chi connectivity index (χ1n) is 4.73. The van der Waals surface area contributed by atoms with E-state index in [4.69, 9.17) is 0 Å². The van der Waals surface area contributed by atoms with Crippen molar-refractivity contribution in [2.45, 2.75) is 19.9 Å². The Bertz CT molecular complexity index is 393. The molecule has 3 nitrogen and oxygen atoms in total. The predicted molar refractivity (Wildman–Crippen MR) is 54.9 cm³/mol. The van der Waals surface area contributed by atoms with Crippen molar-refractivity contribution in [3.63, 3.8) is 0 Å². The molecule has 0 atom stereocenters. The third kappa shape index (κ3) is 1.99. The Morgan fingerprint density at radius 3 is 3.00 bits per heavy atom. The first-order valence-corrected chi connectivity index (χ1v) is 4.73. The minimum absolute atomic E-state index is 0.928.